The van der Waals surface area contributed by atoms with Crippen LogP contribution in [0, 0.1) is 5.92 Å². The molecule has 5 N–H and O–H groups in total. The van der Waals surface area contributed by atoms with Crippen LogP contribution in [-0.2, 0) is 0 Å². The van der Waals surface area contributed by atoms with Crippen molar-refractivity contribution in [3.05, 3.63) is 23.8 Å². The lowest BCUT2D eigenvalue weighted by Crippen LogP contribution is -2.26. The van der Waals surface area contributed by atoms with E-state index >= 15 is 0 Å². The lowest BCUT2D eigenvalue weighted by Gasteiger charge is -2.28. The first-order chi connectivity index (χ1) is 8.56. The van der Waals surface area contributed by atoms with Crippen LogP contribution >= 0.6 is 0 Å². The number of nitrogen functional groups attached to an aromatic ring is 1. The summed E-state index contributed by atoms with van der Waals surface area (Å²) < 4.78 is 0. The van der Waals surface area contributed by atoms with Crippen molar-refractivity contribution in [1.29, 1.82) is 0 Å². The Kier molecular flexibility index (Phi) is 3.75. The summed E-state index contributed by atoms with van der Waals surface area (Å²) in [6.45, 7) is 2.27. The number of amides is 1. The van der Waals surface area contributed by atoms with Gasteiger partial charge in [-0.3, -0.25) is 4.79 Å². The van der Waals surface area contributed by atoms with Gasteiger partial charge in [-0.1, -0.05) is 19.8 Å². The average molecular weight is 247 g/mol. The lowest BCUT2D eigenvalue weighted by atomic mass is 9.87. The predicted octanol–water partition coefficient (Wildman–Crippen LogP) is 2.36. The van der Waals surface area contributed by atoms with Gasteiger partial charge in [-0.05, 0) is 37.0 Å². The van der Waals surface area contributed by atoms with Gasteiger partial charge >= 0.3 is 0 Å². The summed E-state index contributed by atoms with van der Waals surface area (Å²) in [5, 5.41) is 3.44. The van der Waals surface area contributed by atoms with Crippen LogP contribution in [0.1, 0.15) is 43.0 Å². The zero-order chi connectivity index (χ0) is 13.1. The molecule has 98 valence electrons. The second-order valence-corrected chi connectivity index (χ2v) is 5.28. The molecule has 1 aliphatic rings. The molecule has 18 heavy (non-hydrogen) atoms. The van der Waals surface area contributed by atoms with Gasteiger partial charge in [0, 0.05) is 11.6 Å². The van der Waals surface area contributed by atoms with E-state index in [1.807, 2.05) is 0 Å². The van der Waals surface area contributed by atoms with Crippen molar-refractivity contribution in [2.45, 2.75) is 38.6 Å². The zero-order valence-corrected chi connectivity index (χ0v) is 10.8. The van der Waals surface area contributed by atoms with Crippen molar-refractivity contribution >= 4 is 17.3 Å². The summed E-state index contributed by atoms with van der Waals surface area (Å²) in [6, 6.07) is 5.58. The average Bonchev–Trinajstić information content (AvgIpc) is 2.31. The van der Waals surface area contributed by atoms with E-state index in [1.54, 1.807) is 18.2 Å². The van der Waals surface area contributed by atoms with Crippen molar-refractivity contribution in [2.75, 3.05) is 11.1 Å². The normalized spacial score (nSPS) is 23.6. The van der Waals surface area contributed by atoms with Crippen molar-refractivity contribution in [3.63, 3.8) is 0 Å². The van der Waals surface area contributed by atoms with Crippen molar-refractivity contribution in [3.8, 4) is 0 Å². The Morgan fingerprint density at radius 2 is 2.17 bits per heavy atom. The third kappa shape index (κ3) is 2.94. The molecule has 1 saturated carbocycles. The maximum Gasteiger partial charge on any atom is 0.248 e. The topological polar surface area (TPSA) is 81.1 Å². The highest BCUT2D eigenvalue weighted by Gasteiger charge is 2.19. The van der Waals surface area contributed by atoms with Crippen LogP contribution in [0.25, 0.3) is 0 Å². The number of carbonyl (C=O) groups excluding carboxylic acids is 1. The monoisotopic (exact) mass is 247 g/mol. The number of primary amides is 1. The number of anilines is 2. The summed E-state index contributed by atoms with van der Waals surface area (Å²) in [7, 11) is 0. The van der Waals surface area contributed by atoms with Gasteiger partial charge in [0.1, 0.15) is 0 Å². The molecule has 1 fully saturated rings. The molecule has 0 saturated heterocycles. The standard InChI is InChI=1S/C14H21N3O/c1-9-3-2-4-11(7-9)17-13-8-10(14(16)18)5-6-12(13)15/h5-6,8-9,11,17H,2-4,7,15H2,1H3,(H2,16,18). The number of nitrogens with two attached hydrogens (primary N) is 2. The minimum absolute atomic E-state index is 0.421. The van der Waals surface area contributed by atoms with Crippen LogP contribution in [0.4, 0.5) is 11.4 Å². The SMILES string of the molecule is CC1CCCC(Nc2cc(C(N)=O)ccc2N)C1. The number of carbonyl (C=O) groups is 1. The van der Waals surface area contributed by atoms with Crippen LogP contribution in [-0.4, -0.2) is 11.9 Å². The molecular weight excluding hydrogens is 226 g/mol. The third-order valence-corrected chi connectivity index (χ3v) is 3.63. The molecule has 4 heteroatoms. The maximum atomic E-state index is 11.2. The highest BCUT2D eigenvalue weighted by atomic mass is 16.1. The lowest BCUT2D eigenvalue weighted by molar-refractivity contribution is 0.100. The van der Waals surface area contributed by atoms with Crippen LogP contribution in [0.2, 0.25) is 0 Å². The minimum atomic E-state index is -0.421. The number of hydrogen-bond acceptors (Lipinski definition) is 3. The smallest absolute Gasteiger partial charge is 0.248 e. The highest BCUT2D eigenvalue weighted by molar-refractivity contribution is 5.94. The molecule has 2 unspecified atom stereocenters. The first kappa shape index (κ1) is 12.7. The summed E-state index contributed by atoms with van der Waals surface area (Å²) in [6.07, 6.45) is 4.86. The van der Waals surface area contributed by atoms with Crippen molar-refractivity contribution in [2.24, 2.45) is 11.7 Å². The molecule has 2 atom stereocenters. The van der Waals surface area contributed by atoms with Gasteiger partial charge in [-0.2, -0.15) is 0 Å². The Bertz CT molecular complexity index is 445. The molecule has 1 amide bonds. The van der Waals surface area contributed by atoms with E-state index in [0.717, 1.165) is 24.4 Å². The predicted molar refractivity (Wildman–Crippen MR) is 74.4 cm³/mol. The fourth-order valence-corrected chi connectivity index (χ4v) is 2.62. The molecule has 1 aromatic rings. The Labute approximate surface area is 108 Å². The molecule has 0 bridgehead atoms. The van der Waals surface area contributed by atoms with Crippen LogP contribution in [0.5, 0.6) is 0 Å². The Balaban J connectivity index is 2.12. The van der Waals surface area contributed by atoms with E-state index in [4.69, 9.17) is 11.5 Å². The first-order valence-electron chi connectivity index (χ1n) is 6.52. The van der Waals surface area contributed by atoms with E-state index < -0.39 is 5.91 Å². The van der Waals surface area contributed by atoms with E-state index in [0.29, 0.717) is 17.3 Å². The van der Waals surface area contributed by atoms with Crippen LogP contribution in [0.3, 0.4) is 0 Å². The summed E-state index contributed by atoms with van der Waals surface area (Å²) >= 11 is 0. The van der Waals surface area contributed by atoms with E-state index in [-0.39, 0.29) is 0 Å². The fourth-order valence-electron chi connectivity index (χ4n) is 2.62. The van der Waals surface area contributed by atoms with Gasteiger partial charge in [-0.15, -0.1) is 0 Å². The summed E-state index contributed by atoms with van der Waals surface area (Å²) in [5.41, 5.74) is 13.2. The van der Waals surface area contributed by atoms with Crippen molar-refractivity contribution < 1.29 is 4.79 Å². The Hall–Kier alpha value is -1.71. The van der Waals surface area contributed by atoms with Crippen molar-refractivity contribution in [1.82, 2.24) is 0 Å². The largest absolute Gasteiger partial charge is 0.397 e. The van der Waals surface area contributed by atoms with E-state index in [1.165, 1.54) is 12.8 Å². The molecule has 0 aromatic heterocycles. The molecule has 0 heterocycles. The number of rotatable bonds is 3. The molecule has 4 nitrogen and oxygen atoms in total. The second-order valence-electron chi connectivity index (χ2n) is 5.28. The molecular formula is C14H21N3O. The van der Waals surface area contributed by atoms with Gasteiger partial charge in [0.25, 0.3) is 0 Å². The number of benzene rings is 1. The number of nitrogens with one attached hydrogen (secondary N) is 1. The van der Waals surface area contributed by atoms with Gasteiger partial charge in [-0.25, -0.2) is 0 Å². The van der Waals surface area contributed by atoms with Gasteiger partial charge < -0.3 is 16.8 Å². The van der Waals surface area contributed by atoms with E-state index in [9.17, 15) is 4.79 Å². The molecule has 2 rings (SSSR count). The fraction of sp³-hybridized carbons (Fsp3) is 0.500. The maximum absolute atomic E-state index is 11.2. The third-order valence-electron chi connectivity index (χ3n) is 3.63. The second kappa shape index (κ2) is 5.29. The molecule has 0 radical (unpaired) electrons. The quantitative estimate of drug-likeness (QED) is 0.717. The van der Waals surface area contributed by atoms with E-state index in [2.05, 4.69) is 12.2 Å². The molecule has 1 aromatic carbocycles. The Morgan fingerprint density at radius 3 is 2.83 bits per heavy atom. The minimum Gasteiger partial charge on any atom is -0.397 e. The zero-order valence-electron chi connectivity index (χ0n) is 10.8. The van der Waals surface area contributed by atoms with Crippen LogP contribution < -0.4 is 16.8 Å². The Morgan fingerprint density at radius 1 is 1.39 bits per heavy atom. The highest BCUT2D eigenvalue weighted by Crippen LogP contribution is 2.28. The molecule has 1 aliphatic carbocycles. The van der Waals surface area contributed by atoms with Gasteiger partial charge in [0.05, 0.1) is 11.4 Å². The van der Waals surface area contributed by atoms with Gasteiger partial charge in [0.15, 0.2) is 0 Å². The van der Waals surface area contributed by atoms with Gasteiger partial charge in [0.2, 0.25) is 5.91 Å². The number of hydrogen-bond donors (Lipinski definition) is 3. The molecule has 0 aliphatic heterocycles. The summed E-state index contributed by atoms with van der Waals surface area (Å²) in [4.78, 5) is 11.2. The molecule has 0 spiro atoms. The first-order valence-corrected chi connectivity index (χ1v) is 6.52. The van der Waals surface area contributed by atoms with Crippen LogP contribution in [0.15, 0.2) is 18.2 Å². The summed E-state index contributed by atoms with van der Waals surface area (Å²) in [5.74, 6) is 0.326.